The van der Waals surface area contributed by atoms with Crippen molar-refractivity contribution < 1.29 is 18.8 Å². The lowest BCUT2D eigenvalue weighted by Crippen LogP contribution is -2.38. The molecule has 156 valence electrons. The normalized spacial score (nSPS) is 15.9. The molecule has 0 radical (unpaired) electrons. The summed E-state index contributed by atoms with van der Waals surface area (Å²) < 4.78 is 19.5. The monoisotopic (exact) mass is 417 g/mol. The molecule has 2 aromatic carbocycles. The molecule has 0 aliphatic carbocycles. The minimum Gasteiger partial charge on any atom is -0.497 e. The van der Waals surface area contributed by atoms with Gasteiger partial charge in [-0.05, 0) is 72.9 Å². The molecule has 1 aliphatic rings. The number of halogens is 1. The number of carbonyl (C=O) groups excluding carboxylic acids is 1. The van der Waals surface area contributed by atoms with Crippen molar-refractivity contribution in [3.05, 3.63) is 65.0 Å². The number of nitrogens with zero attached hydrogens (tertiary/aromatic N) is 1. The Kier molecular flexibility index (Phi) is 7.63. The molecule has 1 amide bonds. The number of piperidine rings is 1. The number of aryl methyl sites for hydroxylation is 1. The third-order valence-corrected chi connectivity index (χ3v) is 6.43. The zero-order valence-corrected chi connectivity index (χ0v) is 18.0. The van der Waals surface area contributed by atoms with Crippen LogP contribution in [0.2, 0.25) is 0 Å². The van der Waals surface area contributed by atoms with E-state index in [4.69, 9.17) is 4.74 Å². The number of hydrogen-bond acceptors (Lipinski definition) is 3. The van der Waals surface area contributed by atoms with E-state index in [1.807, 2.05) is 29.8 Å². The lowest BCUT2D eigenvalue weighted by Gasteiger charge is -2.32. The van der Waals surface area contributed by atoms with Gasteiger partial charge < -0.3 is 14.5 Å². The van der Waals surface area contributed by atoms with Crippen LogP contribution in [0.5, 0.6) is 5.75 Å². The van der Waals surface area contributed by atoms with Crippen molar-refractivity contribution in [3.8, 4) is 5.75 Å². The fourth-order valence-electron chi connectivity index (χ4n) is 3.87. The average Bonchev–Trinajstić information content (AvgIpc) is 2.73. The second kappa shape index (κ2) is 10.2. The molecule has 2 aromatic rings. The standard InChI is InChI=1S/C23H29FNO3P/c1-28-20-6-7-22(24)21(16-20)19-8-11-25(12-9-19)23(26)15-18-5-3-4-17(14-18)10-13-29(2)27/h3-7,14,16,19,27H,8-13,15H2,1-2H3. The first-order valence-corrected chi connectivity index (χ1v) is 12.0. The third-order valence-electron chi connectivity index (χ3n) is 5.56. The van der Waals surface area contributed by atoms with Gasteiger partial charge in [-0.1, -0.05) is 24.3 Å². The van der Waals surface area contributed by atoms with E-state index in [-0.39, 0.29) is 17.6 Å². The Labute approximate surface area is 173 Å². The summed E-state index contributed by atoms with van der Waals surface area (Å²) in [7, 11) is 0.682. The Morgan fingerprint density at radius 1 is 1.21 bits per heavy atom. The zero-order chi connectivity index (χ0) is 20.8. The molecule has 1 atom stereocenters. The number of carbonyl (C=O) groups is 1. The molecule has 0 spiro atoms. The predicted molar refractivity (Wildman–Crippen MR) is 115 cm³/mol. The largest absolute Gasteiger partial charge is 0.497 e. The van der Waals surface area contributed by atoms with Crippen LogP contribution in [-0.2, 0) is 17.6 Å². The van der Waals surface area contributed by atoms with Gasteiger partial charge in [-0.2, -0.15) is 0 Å². The van der Waals surface area contributed by atoms with E-state index < -0.39 is 8.15 Å². The minimum absolute atomic E-state index is 0.111. The van der Waals surface area contributed by atoms with E-state index in [9.17, 15) is 14.1 Å². The van der Waals surface area contributed by atoms with E-state index in [0.717, 1.165) is 36.6 Å². The molecule has 1 saturated heterocycles. The van der Waals surface area contributed by atoms with Crippen molar-refractivity contribution in [2.24, 2.45) is 0 Å². The fraction of sp³-hybridized carbons (Fsp3) is 0.435. The molecule has 0 saturated carbocycles. The van der Waals surface area contributed by atoms with Crippen LogP contribution >= 0.6 is 8.15 Å². The molecule has 3 rings (SSSR count). The smallest absolute Gasteiger partial charge is 0.226 e. The molecule has 29 heavy (non-hydrogen) atoms. The highest BCUT2D eigenvalue weighted by atomic mass is 31.1. The molecule has 6 heteroatoms. The number of rotatable bonds is 7. The summed E-state index contributed by atoms with van der Waals surface area (Å²) in [5.41, 5.74) is 2.85. The van der Waals surface area contributed by atoms with Crippen LogP contribution in [0.3, 0.4) is 0 Å². The van der Waals surface area contributed by atoms with Crippen molar-refractivity contribution in [3.63, 3.8) is 0 Å². The predicted octanol–water partition coefficient (Wildman–Crippen LogP) is 4.34. The van der Waals surface area contributed by atoms with Gasteiger partial charge in [-0.15, -0.1) is 0 Å². The number of likely N-dealkylation sites (tertiary alicyclic amines) is 1. The number of amides is 1. The maximum atomic E-state index is 14.2. The van der Waals surface area contributed by atoms with Gasteiger partial charge in [0.2, 0.25) is 5.91 Å². The van der Waals surface area contributed by atoms with Gasteiger partial charge >= 0.3 is 0 Å². The van der Waals surface area contributed by atoms with E-state index in [2.05, 4.69) is 6.07 Å². The number of benzene rings is 2. The molecular weight excluding hydrogens is 388 g/mol. The maximum absolute atomic E-state index is 14.2. The van der Waals surface area contributed by atoms with E-state index in [1.165, 1.54) is 6.07 Å². The Bertz CT molecular complexity index is 835. The van der Waals surface area contributed by atoms with Gasteiger partial charge in [-0.3, -0.25) is 4.79 Å². The summed E-state index contributed by atoms with van der Waals surface area (Å²) in [6.07, 6.45) is 3.50. The highest BCUT2D eigenvalue weighted by Gasteiger charge is 2.26. The van der Waals surface area contributed by atoms with Crippen molar-refractivity contribution >= 4 is 14.1 Å². The van der Waals surface area contributed by atoms with E-state index >= 15 is 0 Å². The first-order chi connectivity index (χ1) is 14.0. The van der Waals surface area contributed by atoms with Crippen molar-refractivity contribution in [2.45, 2.75) is 31.6 Å². The number of hydrogen-bond donors (Lipinski definition) is 1. The zero-order valence-electron chi connectivity index (χ0n) is 17.1. The summed E-state index contributed by atoms with van der Waals surface area (Å²) in [6.45, 7) is 3.14. The average molecular weight is 417 g/mol. The molecule has 1 unspecified atom stereocenters. The fourth-order valence-corrected chi connectivity index (χ4v) is 4.46. The van der Waals surface area contributed by atoms with Gasteiger partial charge in [0.1, 0.15) is 11.6 Å². The van der Waals surface area contributed by atoms with Gasteiger partial charge in [0.25, 0.3) is 0 Å². The van der Waals surface area contributed by atoms with Crippen LogP contribution in [0.15, 0.2) is 42.5 Å². The van der Waals surface area contributed by atoms with E-state index in [0.29, 0.717) is 30.8 Å². The van der Waals surface area contributed by atoms with Gasteiger partial charge in [-0.25, -0.2) is 4.39 Å². The van der Waals surface area contributed by atoms with E-state index in [1.54, 1.807) is 19.2 Å². The highest BCUT2D eigenvalue weighted by molar-refractivity contribution is 7.50. The van der Waals surface area contributed by atoms with Crippen LogP contribution in [0, 0.1) is 5.82 Å². The molecular formula is C23H29FNO3P. The molecule has 0 bridgehead atoms. The SMILES string of the molecule is COc1ccc(F)c(C2CCN(C(=O)Cc3cccc(CCP(C)O)c3)CC2)c1. The quantitative estimate of drug-likeness (QED) is 0.682. The van der Waals surface area contributed by atoms with Gasteiger partial charge in [0.15, 0.2) is 0 Å². The number of ether oxygens (including phenoxy) is 1. The topological polar surface area (TPSA) is 49.8 Å². The lowest BCUT2D eigenvalue weighted by molar-refractivity contribution is -0.131. The lowest BCUT2D eigenvalue weighted by atomic mass is 9.88. The summed E-state index contributed by atoms with van der Waals surface area (Å²) in [5.74, 6) is 0.689. The van der Waals surface area contributed by atoms with Crippen LogP contribution in [0.4, 0.5) is 4.39 Å². The summed E-state index contributed by atoms with van der Waals surface area (Å²) in [5, 5.41) is 0. The molecule has 1 N–H and O–H groups in total. The second-order valence-corrected chi connectivity index (χ2v) is 9.43. The van der Waals surface area contributed by atoms with Crippen LogP contribution in [0.25, 0.3) is 0 Å². The van der Waals surface area contributed by atoms with Gasteiger partial charge in [0.05, 0.1) is 13.5 Å². The first kappa shape index (κ1) is 21.7. The molecule has 1 heterocycles. The Hall–Kier alpha value is -1.97. The van der Waals surface area contributed by atoms with Gasteiger partial charge in [0, 0.05) is 21.2 Å². The summed E-state index contributed by atoms with van der Waals surface area (Å²) in [4.78, 5) is 24.2. The van der Waals surface area contributed by atoms with Crippen molar-refractivity contribution in [1.29, 1.82) is 0 Å². The Morgan fingerprint density at radius 3 is 2.62 bits per heavy atom. The highest BCUT2D eigenvalue weighted by Crippen LogP contribution is 2.32. The molecule has 0 aromatic heterocycles. The molecule has 4 nitrogen and oxygen atoms in total. The maximum Gasteiger partial charge on any atom is 0.226 e. The Morgan fingerprint density at radius 2 is 1.93 bits per heavy atom. The third kappa shape index (κ3) is 6.01. The minimum atomic E-state index is -0.900. The van der Waals surface area contributed by atoms with Crippen LogP contribution in [0.1, 0.15) is 35.4 Å². The second-order valence-electron chi connectivity index (χ2n) is 7.67. The number of methoxy groups -OCH3 is 1. The first-order valence-electron chi connectivity index (χ1n) is 10.1. The van der Waals surface area contributed by atoms with Crippen molar-refractivity contribution in [2.75, 3.05) is 33.0 Å². The molecule has 1 aliphatic heterocycles. The summed E-state index contributed by atoms with van der Waals surface area (Å²) in [6, 6.07) is 12.9. The van der Waals surface area contributed by atoms with Crippen LogP contribution in [-0.4, -0.2) is 48.7 Å². The summed E-state index contributed by atoms with van der Waals surface area (Å²) >= 11 is 0. The van der Waals surface area contributed by atoms with Crippen LogP contribution < -0.4 is 4.74 Å². The van der Waals surface area contributed by atoms with Crippen molar-refractivity contribution in [1.82, 2.24) is 4.90 Å². The Balaban J connectivity index is 1.56. The molecule has 1 fully saturated rings.